The molecule has 0 bridgehead atoms. The van der Waals surface area contributed by atoms with Gasteiger partial charge in [-0.1, -0.05) is 56.3 Å². The summed E-state index contributed by atoms with van der Waals surface area (Å²) in [4.78, 5) is 24.7. The van der Waals surface area contributed by atoms with Gasteiger partial charge in [-0.25, -0.2) is 4.79 Å². The molecule has 0 unspecified atom stereocenters. The minimum atomic E-state index is -0.465. The van der Waals surface area contributed by atoms with Crippen LogP contribution in [-0.2, 0) is 16.6 Å². The number of aryl methyl sites for hydroxylation is 1. The molecule has 0 saturated heterocycles. The van der Waals surface area contributed by atoms with Crippen LogP contribution in [0.15, 0.2) is 54.7 Å². The largest absolute Gasteiger partial charge is 0.461 e. The Morgan fingerprint density at radius 2 is 1.74 bits per heavy atom. The van der Waals surface area contributed by atoms with Crippen molar-refractivity contribution < 1.29 is 14.3 Å². The zero-order valence-electron chi connectivity index (χ0n) is 18.1. The van der Waals surface area contributed by atoms with E-state index in [0.29, 0.717) is 16.8 Å². The van der Waals surface area contributed by atoms with Crippen LogP contribution in [0.2, 0.25) is 0 Å². The van der Waals surface area contributed by atoms with Crippen LogP contribution < -0.4 is 5.32 Å². The maximum absolute atomic E-state index is 12.5. The molecule has 2 aromatic carbocycles. The minimum Gasteiger partial charge on any atom is -0.461 e. The summed E-state index contributed by atoms with van der Waals surface area (Å²) in [7, 11) is 1.72. The van der Waals surface area contributed by atoms with Gasteiger partial charge in [0, 0.05) is 36.0 Å². The van der Waals surface area contributed by atoms with Gasteiger partial charge in [0.25, 0.3) is 0 Å². The third-order valence-corrected chi connectivity index (χ3v) is 4.96. The van der Waals surface area contributed by atoms with Crippen LogP contribution in [0.3, 0.4) is 0 Å². The zero-order chi connectivity index (χ0) is 22.5. The Bertz CT molecular complexity index is 1150. The highest BCUT2D eigenvalue weighted by molar-refractivity contribution is 5.99. The highest BCUT2D eigenvalue weighted by atomic mass is 16.5. The lowest BCUT2D eigenvalue weighted by Crippen LogP contribution is -2.18. The summed E-state index contributed by atoms with van der Waals surface area (Å²) >= 11 is 0. The smallest absolute Gasteiger partial charge is 0.355 e. The summed E-state index contributed by atoms with van der Waals surface area (Å²) < 4.78 is 6.81. The number of esters is 1. The maximum Gasteiger partial charge on any atom is 0.355 e. The van der Waals surface area contributed by atoms with Crippen molar-refractivity contribution in [3.8, 4) is 28.3 Å². The number of para-hydroxylation sites is 1. The van der Waals surface area contributed by atoms with Crippen molar-refractivity contribution >= 4 is 17.6 Å². The van der Waals surface area contributed by atoms with Gasteiger partial charge in [0.2, 0.25) is 5.91 Å². The summed E-state index contributed by atoms with van der Waals surface area (Å²) in [6, 6.07) is 17.3. The van der Waals surface area contributed by atoms with Crippen LogP contribution in [0.4, 0.5) is 5.69 Å². The van der Waals surface area contributed by atoms with Gasteiger partial charge in [-0.05, 0) is 24.1 Å². The average Bonchev–Trinajstić information content (AvgIpc) is 3.10. The molecule has 0 spiro atoms. The fraction of sp³-hybridized carbons (Fsp3) is 0.240. The molecule has 3 rings (SSSR count). The molecule has 1 amide bonds. The van der Waals surface area contributed by atoms with Crippen molar-refractivity contribution in [2.75, 3.05) is 11.9 Å². The molecule has 1 heterocycles. The number of rotatable bonds is 6. The van der Waals surface area contributed by atoms with E-state index in [0.717, 1.165) is 22.4 Å². The standard InChI is InChI=1S/C25H25N3O3/c1-5-31-25(30)23-22(19(14-26)15-28(23)4)18-12-10-17(11-13-18)20-8-6-7-9-21(20)27-24(29)16(2)3/h6-13,15-16H,5H2,1-4H3,(H,27,29). The lowest BCUT2D eigenvalue weighted by Gasteiger charge is -2.13. The van der Waals surface area contributed by atoms with Gasteiger partial charge in [0.15, 0.2) is 0 Å². The number of anilines is 1. The molecule has 0 aliphatic heterocycles. The Morgan fingerprint density at radius 3 is 2.35 bits per heavy atom. The first-order valence-electron chi connectivity index (χ1n) is 10.1. The second-order valence-corrected chi connectivity index (χ2v) is 7.48. The second-order valence-electron chi connectivity index (χ2n) is 7.48. The Morgan fingerprint density at radius 1 is 1.10 bits per heavy atom. The van der Waals surface area contributed by atoms with Crippen molar-refractivity contribution in [2.24, 2.45) is 13.0 Å². The Labute approximate surface area is 182 Å². The maximum atomic E-state index is 12.5. The van der Waals surface area contributed by atoms with E-state index < -0.39 is 5.97 Å². The molecule has 0 aliphatic carbocycles. The number of carbonyl (C=O) groups is 2. The number of benzene rings is 2. The van der Waals surface area contributed by atoms with Crippen molar-refractivity contribution in [3.05, 3.63) is 66.0 Å². The molecule has 3 aromatic rings. The summed E-state index contributed by atoms with van der Waals surface area (Å²) in [5.41, 5.74) is 4.58. The van der Waals surface area contributed by atoms with Crippen molar-refractivity contribution in [3.63, 3.8) is 0 Å². The number of hydrogen-bond acceptors (Lipinski definition) is 4. The van der Waals surface area contributed by atoms with E-state index in [2.05, 4.69) is 11.4 Å². The molecule has 0 atom stereocenters. The van der Waals surface area contributed by atoms with E-state index in [4.69, 9.17) is 4.74 Å². The van der Waals surface area contributed by atoms with Crippen LogP contribution >= 0.6 is 0 Å². The summed E-state index contributed by atoms with van der Waals surface area (Å²) in [6.07, 6.45) is 1.63. The first-order valence-corrected chi connectivity index (χ1v) is 10.1. The number of hydrogen-bond donors (Lipinski definition) is 1. The van der Waals surface area contributed by atoms with Crippen LogP contribution in [0.25, 0.3) is 22.3 Å². The minimum absolute atomic E-state index is 0.0499. The van der Waals surface area contributed by atoms with Gasteiger partial charge < -0.3 is 14.6 Å². The van der Waals surface area contributed by atoms with E-state index in [1.807, 2.05) is 62.4 Å². The van der Waals surface area contributed by atoms with E-state index in [1.54, 1.807) is 24.7 Å². The number of nitrogens with one attached hydrogen (secondary N) is 1. The van der Waals surface area contributed by atoms with Crippen LogP contribution in [0, 0.1) is 17.2 Å². The molecule has 0 saturated carbocycles. The predicted molar refractivity (Wildman–Crippen MR) is 120 cm³/mol. The molecule has 6 nitrogen and oxygen atoms in total. The quantitative estimate of drug-likeness (QED) is 0.574. The summed E-state index contributed by atoms with van der Waals surface area (Å²) in [5, 5.41) is 12.5. The Kier molecular flexibility index (Phi) is 6.56. The van der Waals surface area contributed by atoms with Gasteiger partial charge in [0.05, 0.1) is 12.2 Å². The number of carbonyl (C=O) groups excluding carboxylic acids is 2. The van der Waals surface area contributed by atoms with Crippen LogP contribution in [0.5, 0.6) is 0 Å². The van der Waals surface area contributed by atoms with Gasteiger partial charge >= 0.3 is 5.97 Å². The molecule has 1 N–H and O–H groups in total. The fourth-order valence-corrected chi connectivity index (χ4v) is 3.39. The third kappa shape index (κ3) is 4.51. The molecule has 158 valence electrons. The highest BCUT2D eigenvalue weighted by Gasteiger charge is 2.23. The Hall–Kier alpha value is -3.85. The number of amides is 1. The zero-order valence-corrected chi connectivity index (χ0v) is 18.1. The van der Waals surface area contributed by atoms with Gasteiger partial charge in [-0.3, -0.25) is 4.79 Å². The van der Waals surface area contributed by atoms with Gasteiger partial charge in [0.1, 0.15) is 11.8 Å². The average molecular weight is 415 g/mol. The lowest BCUT2D eigenvalue weighted by molar-refractivity contribution is -0.118. The second kappa shape index (κ2) is 9.31. The first kappa shape index (κ1) is 21.8. The predicted octanol–water partition coefficient (Wildman–Crippen LogP) is 5.00. The van der Waals surface area contributed by atoms with Crippen LogP contribution in [-0.4, -0.2) is 23.1 Å². The summed E-state index contributed by atoms with van der Waals surface area (Å²) in [5.74, 6) is -0.641. The first-order chi connectivity index (χ1) is 14.9. The molecular weight excluding hydrogens is 390 g/mol. The molecule has 1 aromatic heterocycles. The van der Waals surface area contributed by atoms with Crippen LogP contribution in [0.1, 0.15) is 36.8 Å². The number of ether oxygens (including phenoxy) is 1. The van der Waals surface area contributed by atoms with Crippen molar-refractivity contribution in [1.29, 1.82) is 5.26 Å². The Balaban J connectivity index is 2.02. The molecule has 0 aliphatic rings. The number of nitriles is 1. The van der Waals surface area contributed by atoms with Gasteiger partial charge in [-0.2, -0.15) is 5.26 Å². The molecule has 6 heteroatoms. The molecule has 31 heavy (non-hydrogen) atoms. The SMILES string of the molecule is CCOC(=O)c1c(-c2ccc(-c3ccccc3NC(=O)C(C)C)cc2)c(C#N)cn1C. The van der Waals surface area contributed by atoms with Crippen molar-refractivity contribution in [1.82, 2.24) is 4.57 Å². The molecule has 0 fully saturated rings. The number of nitrogens with zero attached hydrogens (tertiary/aromatic N) is 2. The highest BCUT2D eigenvalue weighted by Crippen LogP contribution is 2.33. The van der Waals surface area contributed by atoms with E-state index >= 15 is 0 Å². The van der Waals surface area contributed by atoms with E-state index in [9.17, 15) is 14.9 Å². The topological polar surface area (TPSA) is 84.1 Å². The fourth-order valence-electron chi connectivity index (χ4n) is 3.39. The normalized spacial score (nSPS) is 10.6. The number of aromatic nitrogens is 1. The van der Waals surface area contributed by atoms with E-state index in [1.165, 1.54) is 0 Å². The third-order valence-electron chi connectivity index (χ3n) is 4.96. The summed E-state index contributed by atoms with van der Waals surface area (Å²) in [6.45, 7) is 5.69. The van der Waals surface area contributed by atoms with Crippen molar-refractivity contribution in [2.45, 2.75) is 20.8 Å². The molecule has 0 radical (unpaired) electrons. The van der Waals surface area contributed by atoms with E-state index in [-0.39, 0.29) is 18.4 Å². The lowest BCUT2D eigenvalue weighted by atomic mass is 9.97. The molecular formula is C25H25N3O3. The van der Waals surface area contributed by atoms with Gasteiger partial charge in [-0.15, -0.1) is 0 Å². The monoisotopic (exact) mass is 415 g/mol.